The molecule has 0 heterocycles. The lowest BCUT2D eigenvalue weighted by atomic mass is 9.84. The monoisotopic (exact) mass is 298 g/mol. The number of carboxylic acid groups (broad SMARTS) is 1. The van der Waals surface area contributed by atoms with Crippen molar-refractivity contribution in [3.8, 4) is 0 Å². The van der Waals surface area contributed by atoms with Gasteiger partial charge >= 0.3 is 5.97 Å². The third-order valence-corrected chi connectivity index (χ3v) is 4.60. The molecule has 1 aliphatic carbocycles. The van der Waals surface area contributed by atoms with Crippen molar-refractivity contribution in [2.45, 2.75) is 77.2 Å². The molecule has 0 saturated heterocycles. The highest BCUT2D eigenvalue weighted by Gasteiger charge is 2.40. The van der Waals surface area contributed by atoms with Gasteiger partial charge in [-0.2, -0.15) is 0 Å². The summed E-state index contributed by atoms with van der Waals surface area (Å²) in [6.07, 6.45) is 6.87. The zero-order chi connectivity index (χ0) is 15.9. The van der Waals surface area contributed by atoms with Crippen LogP contribution in [0, 0.1) is 5.41 Å². The molecule has 1 fully saturated rings. The van der Waals surface area contributed by atoms with Crippen LogP contribution in [0.3, 0.4) is 0 Å². The maximum atomic E-state index is 12.2. The minimum absolute atomic E-state index is 0.0198. The molecule has 0 unspecified atom stereocenters. The van der Waals surface area contributed by atoms with E-state index in [2.05, 4.69) is 19.2 Å². The first-order chi connectivity index (χ1) is 9.81. The quantitative estimate of drug-likeness (QED) is 0.629. The van der Waals surface area contributed by atoms with Crippen molar-refractivity contribution < 1.29 is 14.7 Å². The molecule has 1 saturated carbocycles. The molecule has 0 spiro atoms. The van der Waals surface area contributed by atoms with Crippen LogP contribution >= 0.6 is 0 Å². The van der Waals surface area contributed by atoms with Crippen molar-refractivity contribution >= 4 is 11.9 Å². The molecule has 1 aliphatic rings. The number of hydrogen-bond donors (Lipinski definition) is 3. The number of carbonyl (C=O) groups excluding carboxylic acids is 1. The van der Waals surface area contributed by atoms with Crippen molar-refractivity contribution in [2.75, 3.05) is 6.54 Å². The van der Waals surface area contributed by atoms with Crippen LogP contribution in [-0.2, 0) is 9.59 Å². The van der Waals surface area contributed by atoms with E-state index in [0.717, 1.165) is 38.5 Å². The summed E-state index contributed by atoms with van der Waals surface area (Å²) in [5, 5.41) is 12.4. The van der Waals surface area contributed by atoms with Gasteiger partial charge in [-0.05, 0) is 37.6 Å². The second-order valence-corrected chi connectivity index (χ2v) is 7.05. The number of nitrogens with one attached hydrogen (secondary N) is 1. The van der Waals surface area contributed by atoms with E-state index in [9.17, 15) is 14.7 Å². The number of amides is 1. The average Bonchev–Trinajstić information content (AvgIpc) is 2.63. The van der Waals surface area contributed by atoms with Gasteiger partial charge in [0.2, 0.25) is 5.91 Å². The normalized spacial score (nSPS) is 18.8. The smallest absolute Gasteiger partial charge is 0.329 e. The zero-order valence-electron chi connectivity index (χ0n) is 13.4. The highest BCUT2D eigenvalue weighted by atomic mass is 16.4. The number of carbonyl (C=O) groups is 2. The Kier molecular flexibility index (Phi) is 6.65. The largest absolute Gasteiger partial charge is 0.480 e. The molecule has 5 heteroatoms. The van der Waals surface area contributed by atoms with Gasteiger partial charge < -0.3 is 16.2 Å². The molecule has 0 aromatic rings. The maximum absolute atomic E-state index is 12.2. The number of nitrogens with two attached hydrogens (primary N) is 1. The summed E-state index contributed by atoms with van der Waals surface area (Å²) in [5.74, 6) is -1.04. The third kappa shape index (κ3) is 5.65. The molecule has 21 heavy (non-hydrogen) atoms. The fourth-order valence-electron chi connectivity index (χ4n) is 3.02. The van der Waals surface area contributed by atoms with Gasteiger partial charge in [-0.3, -0.25) is 4.79 Å². The topological polar surface area (TPSA) is 92.4 Å². The lowest BCUT2D eigenvalue weighted by Gasteiger charge is -2.30. The minimum atomic E-state index is -1.05. The Morgan fingerprint density at radius 2 is 1.71 bits per heavy atom. The summed E-state index contributed by atoms with van der Waals surface area (Å²) in [5.41, 5.74) is 4.54. The van der Waals surface area contributed by atoms with E-state index in [4.69, 9.17) is 5.73 Å². The van der Waals surface area contributed by atoms with Crippen LogP contribution in [0.1, 0.15) is 71.6 Å². The molecule has 0 aromatic carbocycles. The van der Waals surface area contributed by atoms with E-state index in [1.165, 1.54) is 0 Å². The third-order valence-electron chi connectivity index (χ3n) is 4.60. The lowest BCUT2D eigenvalue weighted by Crippen LogP contribution is -2.54. The number of hydrogen-bond acceptors (Lipinski definition) is 3. The maximum Gasteiger partial charge on any atom is 0.329 e. The highest BCUT2D eigenvalue weighted by Crippen LogP contribution is 2.29. The number of carboxylic acids is 1. The first kappa shape index (κ1) is 18.0. The first-order valence-corrected chi connectivity index (χ1v) is 8.06. The summed E-state index contributed by atoms with van der Waals surface area (Å²) in [6, 6.07) is 0. The van der Waals surface area contributed by atoms with E-state index in [1.807, 2.05) is 0 Å². The van der Waals surface area contributed by atoms with Crippen molar-refractivity contribution in [2.24, 2.45) is 11.1 Å². The predicted octanol–water partition coefficient (Wildman–Crippen LogP) is 2.44. The summed E-state index contributed by atoms with van der Waals surface area (Å²) in [7, 11) is 0. The Labute approximate surface area is 127 Å². The molecule has 0 atom stereocenters. The van der Waals surface area contributed by atoms with Gasteiger partial charge in [0, 0.05) is 6.42 Å². The van der Waals surface area contributed by atoms with E-state index in [1.54, 1.807) is 0 Å². The standard InChI is InChI=1S/C16H30N2O3/c1-15(2,11-12-17)10-7-13(19)18-16(14(20)21)8-5-3-4-6-9-16/h3-12,17H2,1-2H3,(H,18,19)(H,20,21). The van der Waals surface area contributed by atoms with Crippen molar-refractivity contribution in [3.05, 3.63) is 0 Å². The summed E-state index contributed by atoms with van der Waals surface area (Å²) in [6.45, 7) is 4.78. The van der Waals surface area contributed by atoms with Crippen molar-refractivity contribution in [1.82, 2.24) is 5.32 Å². The second-order valence-electron chi connectivity index (χ2n) is 7.05. The van der Waals surface area contributed by atoms with Crippen LogP contribution in [0.4, 0.5) is 0 Å². The van der Waals surface area contributed by atoms with Crippen LogP contribution in [0.2, 0.25) is 0 Å². The molecule has 0 radical (unpaired) electrons. The molecule has 0 aliphatic heterocycles. The SMILES string of the molecule is CC(C)(CCN)CCC(=O)NC1(C(=O)O)CCCCCC1. The van der Waals surface area contributed by atoms with Crippen LogP contribution in [-0.4, -0.2) is 29.1 Å². The Hall–Kier alpha value is -1.10. The van der Waals surface area contributed by atoms with E-state index in [0.29, 0.717) is 25.8 Å². The van der Waals surface area contributed by atoms with Gasteiger partial charge in [0.25, 0.3) is 0 Å². The summed E-state index contributed by atoms with van der Waals surface area (Å²) >= 11 is 0. The van der Waals surface area contributed by atoms with E-state index >= 15 is 0 Å². The van der Waals surface area contributed by atoms with Crippen molar-refractivity contribution in [3.63, 3.8) is 0 Å². The predicted molar refractivity (Wildman–Crippen MR) is 82.9 cm³/mol. The molecule has 5 nitrogen and oxygen atoms in total. The fraction of sp³-hybridized carbons (Fsp3) is 0.875. The lowest BCUT2D eigenvalue weighted by molar-refractivity contribution is -0.148. The summed E-state index contributed by atoms with van der Waals surface area (Å²) in [4.78, 5) is 23.8. The Balaban J connectivity index is 2.59. The molecule has 122 valence electrons. The number of aliphatic carboxylic acids is 1. The molecule has 4 N–H and O–H groups in total. The molecule has 1 amide bonds. The molecule has 1 rings (SSSR count). The van der Waals surface area contributed by atoms with Gasteiger partial charge in [0.05, 0.1) is 0 Å². The van der Waals surface area contributed by atoms with Crippen molar-refractivity contribution in [1.29, 1.82) is 0 Å². The minimum Gasteiger partial charge on any atom is -0.480 e. The molecular weight excluding hydrogens is 268 g/mol. The van der Waals surface area contributed by atoms with Crippen LogP contribution in [0.5, 0.6) is 0 Å². The van der Waals surface area contributed by atoms with Crippen LogP contribution in [0.25, 0.3) is 0 Å². The van der Waals surface area contributed by atoms with Gasteiger partial charge in [-0.25, -0.2) is 4.79 Å². The number of rotatable bonds is 7. The van der Waals surface area contributed by atoms with Crippen LogP contribution in [0.15, 0.2) is 0 Å². The Morgan fingerprint density at radius 3 is 2.19 bits per heavy atom. The Morgan fingerprint density at radius 1 is 1.14 bits per heavy atom. The Bertz CT molecular complexity index is 359. The van der Waals surface area contributed by atoms with E-state index < -0.39 is 11.5 Å². The van der Waals surface area contributed by atoms with Gasteiger partial charge in [0.1, 0.15) is 5.54 Å². The van der Waals surface area contributed by atoms with Gasteiger partial charge in [0.15, 0.2) is 0 Å². The van der Waals surface area contributed by atoms with Crippen LogP contribution < -0.4 is 11.1 Å². The molecule has 0 bridgehead atoms. The summed E-state index contributed by atoms with van der Waals surface area (Å²) < 4.78 is 0. The second kappa shape index (κ2) is 7.78. The van der Waals surface area contributed by atoms with E-state index in [-0.39, 0.29) is 11.3 Å². The highest BCUT2D eigenvalue weighted by molar-refractivity contribution is 5.87. The van der Waals surface area contributed by atoms with Gasteiger partial charge in [-0.15, -0.1) is 0 Å². The molecular formula is C16H30N2O3. The molecule has 0 aromatic heterocycles. The zero-order valence-corrected chi connectivity index (χ0v) is 13.4. The van der Waals surface area contributed by atoms with Gasteiger partial charge in [-0.1, -0.05) is 39.5 Å². The first-order valence-electron chi connectivity index (χ1n) is 8.06. The fourth-order valence-corrected chi connectivity index (χ4v) is 3.02. The average molecular weight is 298 g/mol.